The van der Waals surface area contributed by atoms with Gasteiger partial charge in [0.15, 0.2) is 11.4 Å². The molecule has 3 atom stereocenters. The first-order valence-corrected chi connectivity index (χ1v) is 13.7. The second-order valence-electron chi connectivity index (χ2n) is 9.94. The molecule has 0 unspecified atom stereocenters. The molecule has 2 N–H and O–H groups in total. The summed E-state index contributed by atoms with van der Waals surface area (Å²) in [6.45, 7) is 6.96. The van der Waals surface area contributed by atoms with E-state index in [-0.39, 0.29) is 41.0 Å². The average Bonchev–Trinajstić information content (AvgIpc) is 2.99. The fourth-order valence-corrected chi connectivity index (χ4v) is 4.70. The molecule has 0 aliphatic carbocycles. The van der Waals surface area contributed by atoms with E-state index < -0.39 is 17.9 Å². The Kier molecular flexibility index (Phi) is 11.3. The Morgan fingerprint density at radius 1 is 0.810 bits per heavy atom. The van der Waals surface area contributed by atoms with Gasteiger partial charge in [-0.2, -0.15) is 0 Å². The number of nitrogens with one attached hydrogen (secondary N) is 2. The number of carbonyl (C=O) groups excluding carboxylic acids is 3. The van der Waals surface area contributed by atoms with Crippen molar-refractivity contribution >= 4 is 17.8 Å². The van der Waals surface area contributed by atoms with Crippen molar-refractivity contribution in [3.63, 3.8) is 0 Å². The monoisotopic (exact) mass is 577 g/mol. The highest BCUT2D eigenvalue weighted by Crippen LogP contribution is 2.32. The van der Waals surface area contributed by atoms with Crippen molar-refractivity contribution in [2.45, 2.75) is 52.1 Å². The maximum Gasteiger partial charge on any atom is 0.308 e. The van der Waals surface area contributed by atoms with Crippen LogP contribution in [0.5, 0.6) is 23.0 Å². The number of benzene rings is 2. The number of carbonyl (C=O) groups is 3. The quantitative estimate of drug-likeness (QED) is 0.284. The predicted molar refractivity (Wildman–Crippen MR) is 158 cm³/mol. The minimum Gasteiger partial charge on any atom is -0.497 e. The molecule has 0 aliphatic heterocycles. The molecule has 0 fully saturated rings. The molecular weight excluding hydrogens is 538 g/mol. The van der Waals surface area contributed by atoms with Gasteiger partial charge in [0.05, 0.1) is 21.3 Å². The topological polar surface area (TPSA) is 125 Å². The number of esters is 1. The van der Waals surface area contributed by atoms with Crippen LogP contribution in [0, 0.1) is 5.92 Å². The van der Waals surface area contributed by atoms with Gasteiger partial charge < -0.3 is 29.6 Å². The molecule has 3 aromatic rings. The number of ether oxygens (including phenoxy) is 4. The van der Waals surface area contributed by atoms with Crippen molar-refractivity contribution < 1.29 is 33.3 Å². The molecule has 2 amide bonds. The summed E-state index contributed by atoms with van der Waals surface area (Å²) in [5.41, 5.74) is 1.79. The predicted octanol–water partition coefficient (Wildman–Crippen LogP) is 4.51. The van der Waals surface area contributed by atoms with Gasteiger partial charge in [0.25, 0.3) is 5.91 Å². The molecule has 0 bridgehead atoms. The molecule has 0 saturated heterocycles. The van der Waals surface area contributed by atoms with Crippen LogP contribution in [0.1, 0.15) is 61.6 Å². The third kappa shape index (κ3) is 7.78. The Morgan fingerprint density at radius 3 is 1.81 bits per heavy atom. The number of hydrogen-bond acceptors (Lipinski definition) is 8. The maximum absolute atomic E-state index is 13.8. The van der Waals surface area contributed by atoms with Crippen LogP contribution in [0.3, 0.4) is 0 Å². The second kappa shape index (κ2) is 14.9. The van der Waals surface area contributed by atoms with Gasteiger partial charge in [-0.3, -0.25) is 14.4 Å². The molecule has 2 aromatic carbocycles. The number of pyridine rings is 1. The van der Waals surface area contributed by atoms with E-state index in [4.69, 9.17) is 18.9 Å². The van der Waals surface area contributed by atoms with Gasteiger partial charge >= 0.3 is 5.97 Å². The minimum atomic E-state index is -0.893. The molecule has 1 heterocycles. The highest BCUT2D eigenvalue weighted by Gasteiger charge is 2.32. The largest absolute Gasteiger partial charge is 0.497 e. The van der Waals surface area contributed by atoms with Gasteiger partial charge in [0.1, 0.15) is 17.5 Å². The smallest absolute Gasteiger partial charge is 0.308 e. The molecule has 10 nitrogen and oxygen atoms in total. The average molecular weight is 578 g/mol. The van der Waals surface area contributed by atoms with Crippen molar-refractivity contribution in [1.82, 2.24) is 15.6 Å². The van der Waals surface area contributed by atoms with E-state index >= 15 is 0 Å². The fraction of sp³-hybridized carbons (Fsp3) is 0.375. The summed E-state index contributed by atoms with van der Waals surface area (Å²) >= 11 is 0. The Labute approximate surface area is 246 Å². The maximum atomic E-state index is 13.8. The third-order valence-electron chi connectivity index (χ3n) is 7.15. The number of aromatic nitrogens is 1. The van der Waals surface area contributed by atoms with Gasteiger partial charge in [-0.25, -0.2) is 4.98 Å². The van der Waals surface area contributed by atoms with E-state index in [1.807, 2.05) is 69.3 Å². The fourth-order valence-electron chi connectivity index (χ4n) is 4.70. The van der Waals surface area contributed by atoms with Gasteiger partial charge in [0.2, 0.25) is 11.7 Å². The lowest BCUT2D eigenvalue weighted by atomic mass is 9.85. The zero-order valence-corrected chi connectivity index (χ0v) is 25.1. The van der Waals surface area contributed by atoms with Crippen LogP contribution in [-0.2, 0) is 9.59 Å². The first-order valence-electron chi connectivity index (χ1n) is 13.7. The highest BCUT2D eigenvalue weighted by molar-refractivity contribution is 5.99. The molecule has 3 rings (SSSR count). The van der Waals surface area contributed by atoms with Crippen LogP contribution in [0.4, 0.5) is 0 Å². The second-order valence-corrected chi connectivity index (χ2v) is 9.94. The number of hydrogen-bond donors (Lipinski definition) is 2. The van der Waals surface area contributed by atoms with Crippen molar-refractivity contribution in [1.29, 1.82) is 0 Å². The summed E-state index contributed by atoms with van der Waals surface area (Å²) in [4.78, 5) is 43.0. The van der Waals surface area contributed by atoms with Gasteiger partial charge in [-0.15, -0.1) is 0 Å². The minimum absolute atomic E-state index is 0.110. The summed E-state index contributed by atoms with van der Waals surface area (Å²) in [5, 5.41) is 5.94. The number of rotatable bonds is 13. The van der Waals surface area contributed by atoms with E-state index in [0.717, 1.165) is 22.6 Å². The van der Waals surface area contributed by atoms with Crippen molar-refractivity contribution in [2.24, 2.45) is 5.92 Å². The first-order chi connectivity index (χ1) is 20.1. The van der Waals surface area contributed by atoms with Crippen molar-refractivity contribution in [3.05, 3.63) is 77.6 Å². The Hall–Kier alpha value is -4.60. The lowest BCUT2D eigenvalue weighted by Gasteiger charge is -2.30. The molecule has 10 heteroatoms. The van der Waals surface area contributed by atoms with Crippen molar-refractivity contribution in [3.8, 4) is 23.0 Å². The third-order valence-corrected chi connectivity index (χ3v) is 7.15. The molecule has 1 aromatic heterocycles. The molecule has 42 heavy (non-hydrogen) atoms. The van der Waals surface area contributed by atoms with E-state index in [0.29, 0.717) is 6.42 Å². The highest BCUT2D eigenvalue weighted by atomic mass is 16.6. The van der Waals surface area contributed by atoms with Crippen LogP contribution >= 0.6 is 0 Å². The normalized spacial score (nSPS) is 13.0. The van der Waals surface area contributed by atoms with Gasteiger partial charge in [0, 0.05) is 31.1 Å². The Bertz CT molecular complexity index is 1310. The molecular formula is C32H39N3O7. The van der Waals surface area contributed by atoms with Gasteiger partial charge in [-0.1, -0.05) is 44.5 Å². The van der Waals surface area contributed by atoms with E-state index in [1.54, 1.807) is 14.2 Å². The van der Waals surface area contributed by atoms with E-state index in [9.17, 15) is 14.4 Å². The van der Waals surface area contributed by atoms with Crippen LogP contribution in [0.15, 0.2) is 60.8 Å². The summed E-state index contributed by atoms with van der Waals surface area (Å²) in [6.07, 6.45) is 1.99. The molecule has 0 spiro atoms. The molecule has 0 aliphatic rings. The lowest BCUT2D eigenvalue weighted by molar-refractivity contribution is -0.132. The summed E-state index contributed by atoms with van der Waals surface area (Å²) in [7, 11) is 4.61. The summed E-state index contributed by atoms with van der Waals surface area (Å²) in [5.74, 6) is -0.576. The van der Waals surface area contributed by atoms with Gasteiger partial charge in [-0.05, 0) is 48.2 Å². The molecule has 0 radical (unpaired) electrons. The summed E-state index contributed by atoms with van der Waals surface area (Å²) < 4.78 is 21.2. The van der Waals surface area contributed by atoms with E-state index in [1.165, 1.54) is 26.3 Å². The lowest BCUT2D eigenvalue weighted by Crippen LogP contribution is -2.53. The zero-order chi connectivity index (χ0) is 30.8. The Morgan fingerprint density at radius 2 is 1.36 bits per heavy atom. The van der Waals surface area contributed by atoms with Crippen LogP contribution in [-0.4, -0.2) is 56.2 Å². The van der Waals surface area contributed by atoms with Crippen LogP contribution < -0.4 is 29.6 Å². The number of amides is 2. The number of methoxy groups -OCH3 is 3. The SMILES string of the molecule is CC[C@H](C)[C@H](NC(=O)c1nccc(OC)c1OC(C)=O)C(=O)N[C@@H](C)C(c1ccc(OC)cc1)c1ccc(OC)cc1. The molecule has 224 valence electrons. The first kappa shape index (κ1) is 31.9. The van der Waals surface area contributed by atoms with E-state index in [2.05, 4.69) is 15.6 Å². The Balaban J connectivity index is 1.91. The zero-order valence-electron chi connectivity index (χ0n) is 25.1. The summed E-state index contributed by atoms with van der Waals surface area (Å²) in [6, 6.07) is 15.6. The van der Waals surface area contributed by atoms with Crippen molar-refractivity contribution in [2.75, 3.05) is 21.3 Å². The standard InChI is InChI=1S/C32H39N3O7/c1-8-19(2)28(35-32(38)29-30(42-21(4)36)26(41-7)17-18-33-29)31(37)34-20(3)27(22-9-13-24(39-5)14-10-22)23-11-15-25(40-6)16-12-23/h9-20,27-28H,8H2,1-7H3,(H,34,37)(H,35,38)/t19-,20-,28-/m0/s1. The van der Waals surface area contributed by atoms with Crippen LogP contribution in [0.25, 0.3) is 0 Å². The molecule has 0 saturated carbocycles. The van der Waals surface area contributed by atoms with Crippen LogP contribution in [0.2, 0.25) is 0 Å². The number of nitrogens with zero attached hydrogens (tertiary/aromatic N) is 1.